The molecule has 1 saturated carbocycles. The zero-order chi connectivity index (χ0) is 18.2. The van der Waals surface area contributed by atoms with Gasteiger partial charge < -0.3 is 14.5 Å². The molecule has 1 atom stereocenters. The maximum atomic E-state index is 12.5. The number of nitrogens with zero attached hydrogens (tertiary/aromatic N) is 4. The fourth-order valence-electron chi connectivity index (χ4n) is 3.63. The summed E-state index contributed by atoms with van der Waals surface area (Å²) in [6.07, 6.45) is 6.72. The molecule has 1 saturated heterocycles. The van der Waals surface area contributed by atoms with Crippen molar-refractivity contribution in [2.75, 3.05) is 39.8 Å². The van der Waals surface area contributed by atoms with Crippen molar-refractivity contribution in [3.8, 4) is 6.19 Å². The van der Waals surface area contributed by atoms with E-state index in [4.69, 9.17) is 10.00 Å². The van der Waals surface area contributed by atoms with Gasteiger partial charge in [-0.15, -0.1) is 0 Å². The van der Waals surface area contributed by atoms with E-state index in [0.717, 1.165) is 50.2 Å². The Morgan fingerprint density at radius 3 is 2.40 bits per heavy atom. The van der Waals surface area contributed by atoms with Gasteiger partial charge in [-0.2, -0.15) is 5.26 Å². The van der Waals surface area contributed by atoms with Crippen LogP contribution in [-0.2, 0) is 9.53 Å². The first-order chi connectivity index (χ1) is 12.0. The molecule has 0 N–H and O–H groups in total. The summed E-state index contributed by atoms with van der Waals surface area (Å²) in [5, 5.41) is 9.00. The van der Waals surface area contributed by atoms with E-state index >= 15 is 0 Å². The van der Waals surface area contributed by atoms with Crippen molar-refractivity contribution in [2.24, 2.45) is 5.92 Å². The number of carbonyl (C=O) groups is 2. The molecular formula is C18H30N4O3. The lowest BCUT2D eigenvalue weighted by molar-refractivity contribution is -0.137. The normalized spacial score (nSPS) is 20.6. The van der Waals surface area contributed by atoms with Crippen molar-refractivity contribution in [1.29, 1.82) is 5.26 Å². The van der Waals surface area contributed by atoms with E-state index in [1.165, 1.54) is 13.5 Å². The van der Waals surface area contributed by atoms with Gasteiger partial charge in [0, 0.05) is 33.2 Å². The van der Waals surface area contributed by atoms with Crippen LogP contribution in [0.3, 0.4) is 0 Å². The maximum Gasteiger partial charge on any atom is 0.410 e. The van der Waals surface area contributed by atoms with E-state index in [0.29, 0.717) is 25.4 Å². The summed E-state index contributed by atoms with van der Waals surface area (Å²) in [4.78, 5) is 29.9. The number of nitriles is 1. The van der Waals surface area contributed by atoms with Gasteiger partial charge in [-0.25, -0.2) is 9.69 Å². The summed E-state index contributed by atoms with van der Waals surface area (Å²) in [6.45, 7) is 5.95. The van der Waals surface area contributed by atoms with Gasteiger partial charge >= 0.3 is 6.09 Å². The quantitative estimate of drug-likeness (QED) is 0.560. The molecule has 0 aromatic heterocycles. The summed E-state index contributed by atoms with van der Waals surface area (Å²) in [5.74, 6) is -0.0341. The minimum atomic E-state index is -0.857. The molecule has 25 heavy (non-hydrogen) atoms. The van der Waals surface area contributed by atoms with Crippen molar-refractivity contribution in [1.82, 2.24) is 14.7 Å². The molecule has 2 amide bonds. The number of rotatable bonds is 5. The summed E-state index contributed by atoms with van der Waals surface area (Å²) in [6, 6.07) is 0. The van der Waals surface area contributed by atoms with Crippen molar-refractivity contribution >= 4 is 12.0 Å². The molecule has 0 spiro atoms. The highest BCUT2D eigenvalue weighted by Crippen LogP contribution is 2.28. The summed E-state index contributed by atoms with van der Waals surface area (Å²) in [5.41, 5.74) is 0. The minimum Gasteiger partial charge on any atom is -0.436 e. The van der Waals surface area contributed by atoms with Crippen LogP contribution in [0, 0.1) is 17.4 Å². The average molecular weight is 350 g/mol. The van der Waals surface area contributed by atoms with E-state index in [1.54, 1.807) is 4.90 Å². The van der Waals surface area contributed by atoms with E-state index in [2.05, 4.69) is 11.8 Å². The zero-order valence-corrected chi connectivity index (χ0v) is 15.4. The molecule has 2 fully saturated rings. The van der Waals surface area contributed by atoms with Crippen LogP contribution in [-0.4, -0.2) is 72.6 Å². The summed E-state index contributed by atoms with van der Waals surface area (Å²) >= 11 is 0. The Bertz CT molecular complexity index is 491. The van der Waals surface area contributed by atoms with Gasteiger partial charge in [0.1, 0.15) is 0 Å². The lowest BCUT2D eigenvalue weighted by atomic mass is 9.85. The Morgan fingerprint density at radius 2 is 1.84 bits per heavy atom. The topological polar surface area (TPSA) is 76.9 Å². The van der Waals surface area contributed by atoms with Gasteiger partial charge in [0.25, 0.3) is 5.91 Å². The highest BCUT2D eigenvalue weighted by Gasteiger charge is 2.32. The Balaban J connectivity index is 1.95. The SMILES string of the molecule is CCN1CCN(C(=O)O[C@@H](CC2CCCCC2)C(=O)N(C)C#N)CC1. The molecule has 140 valence electrons. The van der Waals surface area contributed by atoms with Crippen molar-refractivity contribution in [3.63, 3.8) is 0 Å². The number of hydrogen-bond donors (Lipinski definition) is 0. The fourth-order valence-corrected chi connectivity index (χ4v) is 3.63. The van der Waals surface area contributed by atoms with E-state index < -0.39 is 18.1 Å². The molecule has 1 heterocycles. The predicted octanol–water partition coefficient (Wildman–Crippen LogP) is 2.04. The van der Waals surface area contributed by atoms with Crippen LogP contribution >= 0.6 is 0 Å². The number of likely N-dealkylation sites (N-methyl/N-ethyl adjacent to an activating group) is 2. The molecule has 0 bridgehead atoms. The number of carbonyl (C=O) groups excluding carboxylic acids is 2. The second kappa shape index (κ2) is 9.62. The van der Waals surface area contributed by atoms with Crippen molar-refractivity contribution in [2.45, 2.75) is 51.6 Å². The molecule has 2 rings (SSSR count). The van der Waals surface area contributed by atoms with Gasteiger partial charge in [-0.05, 0) is 18.9 Å². The number of ether oxygens (including phenoxy) is 1. The highest BCUT2D eigenvalue weighted by molar-refractivity contribution is 5.84. The minimum absolute atomic E-state index is 0.388. The van der Waals surface area contributed by atoms with Crippen LogP contribution in [0.4, 0.5) is 4.79 Å². The van der Waals surface area contributed by atoms with Crippen LogP contribution in [0.5, 0.6) is 0 Å². The largest absolute Gasteiger partial charge is 0.436 e. The third-order valence-corrected chi connectivity index (χ3v) is 5.35. The van der Waals surface area contributed by atoms with Crippen LogP contribution < -0.4 is 0 Å². The standard InChI is InChI=1S/C18H30N4O3/c1-3-21-9-11-22(12-10-21)18(24)25-16(17(23)20(2)14-19)13-15-7-5-4-6-8-15/h15-16H,3-13H2,1-2H3/t16-/m0/s1. The first-order valence-corrected chi connectivity index (χ1v) is 9.40. The Labute approximate surface area is 150 Å². The van der Waals surface area contributed by atoms with Gasteiger partial charge in [0.05, 0.1) is 0 Å². The van der Waals surface area contributed by atoms with Crippen molar-refractivity contribution < 1.29 is 14.3 Å². The first-order valence-electron chi connectivity index (χ1n) is 9.40. The summed E-state index contributed by atoms with van der Waals surface area (Å²) in [7, 11) is 1.42. The lowest BCUT2D eigenvalue weighted by Crippen LogP contribution is -2.50. The number of hydrogen-bond acceptors (Lipinski definition) is 5. The van der Waals surface area contributed by atoms with Crippen molar-refractivity contribution in [3.05, 3.63) is 0 Å². The monoisotopic (exact) mass is 350 g/mol. The molecule has 0 aromatic rings. The predicted molar refractivity (Wildman–Crippen MR) is 93.5 cm³/mol. The van der Waals surface area contributed by atoms with E-state index in [-0.39, 0.29) is 0 Å². The molecule has 2 aliphatic rings. The van der Waals surface area contributed by atoms with Crippen LogP contribution in [0.2, 0.25) is 0 Å². The van der Waals surface area contributed by atoms with Gasteiger partial charge in [-0.3, -0.25) is 4.79 Å². The molecule has 0 unspecified atom stereocenters. The van der Waals surface area contributed by atoms with Crippen LogP contribution in [0.25, 0.3) is 0 Å². The number of amides is 2. The molecule has 7 heteroatoms. The van der Waals surface area contributed by atoms with Crippen LogP contribution in [0.15, 0.2) is 0 Å². The second-order valence-corrected chi connectivity index (χ2v) is 7.03. The Kier molecular flexibility index (Phi) is 7.51. The van der Waals surface area contributed by atoms with Crippen LogP contribution in [0.1, 0.15) is 45.4 Å². The molecular weight excluding hydrogens is 320 g/mol. The third kappa shape index (κ3) is 5.60. The second-order valence-electron chi connectivity index (χ2n) is 7.03. The first kappa shape index (κ1) is 19.5. The van der Waals surface area contributed by atoms with E-state index in [1.807, 2.05) is 6.19 Å². The lowest BCUT2D eigenvalue weighted by Gasteiger charge is -2.34. The fraction of sp³-hybridized carbons (Fsp3) is 0.833. The van der Waals surface area contributed by atoms with Gasteiger partial charge in [0.2, 0.25) is 0 Å². The molecule has 1 aliphatic heterocycles. The molecule has 0 radical (unpaired) electrons. The third-order valence-electron chi connectivity index (χ3n) is 5.35. The average Bonchev–Trinajstić information content (AvgIpc) is 2.67. The van der Waals surface area contributed by atoms with Gasteiger partial charge in [-0.1, -0.05) is 39.0 Å². The maximum absolute atomic E-state index is 12.5. The molecule has 1 aliphatic carbocycles. The highest BCUT2D eigenvalue weighted by atomic mass is 16.6. The zero-order valence-electron chi connectivity index (χ0n) is 15.4. The Morgan fingerprint density at radius 1 is 1.20 bits per heavy atom. The Hall–Kier alpha value is -1.81. The van der Waals surface area contributed by atoms with E-state index in [9.17, 15) is 9.59 Å². The molecule has 0 aromatic carbocycles. The molecule has 7 nitrogen and oxygen atoms in total. The van der Waals surface area contributed by atoms with Gasteiger partial charge in [0.15, 0.2) is 12.3 Å². The number of piperazine rings is 1. The summed E-state index contributed by atoms with van der Waals surface area (Å²) < 4.78 is 5.57. The smallest absolute Gasteiger partial charge is 0.410 e.